The molecule has 4 fully saturated rings. The fourth-order valence-electron chi connectivity index (χ4n) is 6.27. The number of amides is 1. The van der Waals surface area contributed by atoms with Gasteiger partial charge in [0.25, 0.3) is 0 Å². The Morgan fingerprint density at radius 2 is 1.71 bits per heavy atom. The molecule has 4 aliphatic carbocycles. The minimum absolute atomic E-state index is 0.00548. The monoisotopic (exact) mass is 400 g/mol. The molecule has 0 radical (unpaired) electrons. The number of phenols is 1. The number of hydrogen-bond donors (Lipinski definition) is 3. The van der Waals surface area contributed by atoms with Crippen LogP contribution in [0.2, 0.25) is 0 Å². The third kappa shape index (κ3) is 4.05. The van der Waals surface area contributed by atoms with E-state index in [4.69, 9.17) is 12.2 Å². The van der Waals surface area contributed by atoms with Gasteiger partial charge in [-0.15, -0.1) is 0 Å². The molecule has 1 aromatic rings. The molecule has 5 heteroatoms. The van der Waals surface area contributed by atoms with Gasteiger partial charge in [0.2, 0.25) is 5.91 Å². The highest BCUT2D eigenvalue weighted by Crippen LogP contribution is 2.61. The zero-order chi connectivity index (χ0) is 20.1. The van der Waals surface area contributed by atoms with Crippen molar-refractivity contribution >= 4 is 28.9 Å². The van der Waals surface area contributed by atoms with E-state index in [0.29, 0.717) is 12.1 Å². The van der Waals surface area contributed by atoms with Gasteiger partial charge in [0.1, 0.15) is 5.75 Å². The molecule has 0 aliphatic heterocycles. The molecule has 28 heavy (non-hydrogen) atoms. The van der Waals surface area contributed by atoms with Crippen molar-refractivity contribution in [1.82, 2.24) is 5.32 Å². The van der Waals surface area contributed by atoms with Gasteiger partial charge in [0.05, 0.1) is 5.69 Å². The van der Waals surface area contributed by atoms with Crippen molar-refractivity contribution in [3.05, 3.63) is 23.8 Å². The largest absolute Gasteiger partial charge is 0.506 e. The van der Waals surface area contributed by atoms with Gasteiger partial charge in [-0.2, -0.15) is 0 Å². The first-order valence-corrected chi connectivity index (χ1v) is 11.0. The Labute approximate surface area is 173 Å². The Bertz CT molecular complexity index is 761. The second-order valence-electron chi connectivity index (χ2n) is 10.6. The van der Waals surface area contributed by atoms with E-state index in [9.17, 15) is 9.90 Å². The Balaban J connectivity index is 1.37. The van der Waals surface area contributed by atoms with Gasteiger partial charge in [-0.05, 0) is 97.0 Å². The third-order valence-electron chi connectivity index (χ3n) is 7.06. The fraction of sp³-hybridized carbons (Fsp3) is 0.652. The lowest BCUT2D eigenvalue weighted by Crippen LogP contribution is -2.48. The van der Waals surface area contributed by atoms with Crippen LogP contribution in [0.15, 0.2) is 18.2 Å². The van der Waals surface area contributed by atoms with E-state index in [1.807, 2.05) is 12.1 Å². The number of benzene rings is 1. The van der Waals surface area contributed by atoms with Crippen molar-refractivity contribution in [3.8, 4) is 5.75 Å². The number of anilines is 1. The molecule has 5 rings (SSSR count). The van der Waals surface area contributed by atoms with Gasteiger partial charge in [-0.3, -0.25) is 4.79 Å². The molecule has 1 aromatic carbocycles. The smallest absolute Gasteiger partial charge is 0.226 e. The summed E-state index contributed by atoms with van der Waals surface area (Å²) in [6, 6.07) is 5.48. The first kappa shape index (κ1) is 19.7. The van der Waals surface area contributed by atoms with Crippen molar-refractivity contribution in [2.75, 3.05) is 5.32 Å². The van der Waals surface area contributed by atoms with Crippen LogP contribution < -0.4 is 10.6 Å². The lowest BCUT2D eigenvalue weighted by atomic mass is 9.49. The molecule has 4 nitrogen and oxygen atoms in total. The molecular weight excluding hydrogens is 368 g/mol. The van der Waals surface area contributed by atoms with Crippen LogP contribution >= 0.6 is 12.2 Å². The molecule has 0 atom stereocenters. The zero-order valence-corrected chi connectivity index (χ0v) is 18.0. The third-order valence-corrected chi connectivity index (χ3v) is 7.27. The van der Waals surface area contributed by atoms with Crippen molar-refractivity contribution in [2.45, 2.75) is 71.1 Å². The van der Waals surface area contributed by atoms with E-state index in [-0.39, 0.29) is 27.6 Å². The van der Waals surface area contributed by atoms with Gasteiger partial charge in [0, 0.05) is 6.42 Å². The van der Waals surface area contributed by atoms with Crippen LogP contribution in [-0.4, -0.2) is 16.1 Å². The lowest BCUT2D eigenvalue weighted by molar-refractivity contribution is -0.127. The fourth-order valence-corrected chi connectivity index (χ4v) is 6.50. The standard InChI is InChI=1S/C23H32N2O2S/c1-22(2,3)17-4-5-19(26)18(9-17)24-21(28)25-20(27)13-23-10-14-6-15(11-23)8-16(7-14)12-23/h4-5,9,14-16,26H,6-8,10-13H2,1-3H3,(H2,24,25,27,28). The molecule has 4 saturated carbocycles. The second-order valence-corrected chi connectivity index (χ2v) is 11.0. The number of phenolic OH excluding ortho intramolecular Hbond substituents is 1. The van der Waals surface area contributed by atoms with Gasteiger partial charge < -0.3 is 15.7 Å². The normalized spacial score (nSPS) is 30.9. The molecule has 4 bridgehead atoms. The van der Waals surface area contributed by atoms with E-state index in [1.165, 1.54) is 38.5 Å². The molecule has 1 amide bonds. The number of rotatable bonds is 3. The number of thiocarbonyl (C=S) groups is 1. The Hall–Kier alpha value is -1.62. The predicted molar refractivity (Wildman–Crippen MR) is 116 cm³/mol. The lowest BCUT2D eigenvalue weighted by Gasteiger charge is -2.56. The maximum Gasteiger partial charge on any atom is 0.226 e. The van der Waals surface area contributed by atoms with Gasteiger partial charge in [-0.1, -0.05) is 26.8 Å². The maximum absolute atomic E-state index is 12.7. The van der Waals surface area contributed by atoms with Crippen LogP contribution in [-0.2, 0) is 10.2 Å². The van der Waals surface area contributed by atoms with Crippen LogP contribution in [0.1, 0.15) is 71.3 Å². The highest BCUT2D eigenvalue weighted by Gasteiger charge is 2.51. The summed E-state index contributed by atoms with van der Waals surface area (Å²) in [5.41, 5.74) is 1.79. The van der Waals surface area contributed by atoms with Crippen LogP contribution in [0.4, 0.5) is 5.69 Å². The van der Waals surface area contributed by atoms with Crippen molar-refractivity contribution < 1.29 is 9.90 Å². The average Bonchev–Trinajstić information content (AvgIpc) is 2.53. The Kier molecular flexibility index (Phi) is 4.93. The van der Waals surface area contributed by atoms with E-state index < -0.39 is 0 Å². The number of nitrogens with one attached hydrogen (secondary N) is 2. The highest BCUT2D eigenvalue weighted by molar-refractivity contribution is 7.80. The zero-order valence-electron chi connectivity index (χ0n) is 17.2. The molecule has 3 N–H and O–H groups in total. The summed E-state index contributed by atoms with van der Waals surface area (Å²) >= 11 is 5.36. The summed E-state index contributed by atoms with van der Waals surface area (Å²) in [4.78, 5) is 12.7. The Morgan fingerprint density at radius 1 is 1.14 bits per heavy atom. The quantitative estimate of drug-likeness (QED) is 0.487. The van der Waals surface area contributed by atoms with Crippen molar-refractivity contribution in [1.29, 1.82) is 0 Å². The topological polar surface area (TPSA) is 61.4 Å². The van der Waals surface area contributed by atoms with E-state index in [0.717, 1.165) is 23.3 Å². The van der Waals surface area contributed by atoms with Gasteiger partial charge in [-0.25, -0.2) is 0 Å². The van der Waals surface area contributed by atoms with Gasteiger partial charge >= 0.3 is 0 Å². The summed E-state index contributed by atoms with van der Waals surface area (Å²) in [6.45, 7) is 6.36. The number of carbonyl (C=O) groups is 1. The highest BCUT2D eigenvalue weighted by atomic mass is 32.1. The van der Waals surface area contributed by atoms with Crippen molar-refractivity contribution in [2.24, 2.45) is 23.2 Å². The molecule has 0 unspecified atom stereocenters. The van der Waals surface area contributed by atoms with E-state index >= 15 is 0 Å². The average molecular weight is 401 g/mol. The summed E-state index contributed by atoms with van der Waals surface area (Å²) in [5.74, 6) is 2.64. The van der Waals surface area contributed by atoms with E-state index in [2.05, 4.69) is 31.4 Å². The molecule has 0 aromatic heterocycles. The van der Waals surface area contributed by atoms with Crippen LogP contribution in [0.25, 0.3) is 0 Å². The molecular formula is C23H32N2O2S. The molecule has 0 heterocycles. The predicted octanol–water partition coefficient (Wildman–Crippen LogP) is 5.11. The maximum atomic E-state index is 12.7. The minimum Gasteiger partial charge on any atom is -0.506 e. The minimum atomic E-state index is -0.0342. The summed E-state index contributed by atoms with van der Waals surface area (Å²) < 4.78 is 0. The van der Waals surface area contributed by atoms with Gasteiger partial charge in [0.15, 0.2) is 5.11 Å². The van der Waals surface area contributed by atoms with Crippen molar-refractivity contribution in [3.63, 3.8) is 0 Å². The molecule has 0 saturated heterocycles. The van der Waals surface area contributed by atoms with Crippen LogP contribution in [0.5, 0.6) is 5.75 Å². The van der Waals surface area contributed by atoms with Crippen LogP contribution in [0.3, 0.4) is 0 Å². The molecule has 152 valence electrons. The summed E-state index contributed by atoms with van der Waals surface area (Å²) in [6.07, 6.45) is 8.34. The second kappa shape index (κ2) is 7.01. The number of aromatic hydroxyl groups is 1. The molecule has 0 spiro atoms. The SMILES string of the molecule is CC(C)(C)c1ccc(O)c(NC(=S)NC(=O)CC23CC4CC(CC(C4)C2)C3)c1. The number of carbonyl (C=O) groups excluding carboxylic acids is 1. The molecule has 4 aliphatic rings. The first-order chi connectivity index (χ1) is 13.1. The number of hydrogen-bond acceptors (Lipinski definition) is 3. The Morgan fingerprint density at radius 3 is 2.25 bits per heavy atom. The summed E-state index contributed by atoms with van der Waals surface area (Å²) in [5, 5.41) is 16.3. The van der Waals surface area contributed by atoms with E-state index in [1.54, 1.807) is 6.07 Å². The first-order valence-electron chi connectivity index (χ1n) is 10.6. The summed E-state index contributed by atoms with van der Waals surface area (Å²) in [7, 11) is 0. The van der Waals surface area contributed by atoms with Crippen LogP contribution in [0, 0.1) is 23.2 Å².